The Morgan fingerprint density at radius 1 is 1.50 bits per heavy atom. The van der Waals surface area contributed by atoms with E-state index in [0.29, 0.717) is 12.1 Å². The Hall–Kier alpha value is -0.970. The van der Waals surface area contributed by atoms with Gasteiger partial charge in [0.25, 0.3) is 0 Å². The molecule has 0 amide bonds. The van der Waals surface area contributed by atoms with E-state index < -0.39 is 5.54 Å². The first-order valence-electron chi connectivity index (χ1n) is 6.38. The summed E-state index contributed by atoms with van der Waals surface area (Å²) in [6.45, 7) is 3.08. The van der Waals surface area contributed by atoms with Gasteiger partial charge >= 0.3 is 0 Å². The van der Waals surface area contributed by atoms with E-state index in [9.17, 15) is 9.50 Å². The summed E-state index contributed by atoms with van der Waals surface area (Å²) >= 11 is 0. The molecule has 2 unspecified atom stereocenters. The van der Waals surface area contributed by atoms with Crippen LogP contribution >= 0.6 is 0 Å². The van der Waals surface area contributed by atoms with Gasteiger partial charge in [0.2, 0.25) is 0 Å². The molecule has 1 aromatic carbocycles. The van der Waals surface area contributed by atoms with E-state index >= 15 is 0 Å². The molecule has 0 bridgehead atoms. The molecule has 1 fully saturated rings. The van der Waals surface area contributed by atoms with Crippen LogP contribution in [0.25, 0.3) is 0 Å². The number of hydrogen-bond acceptors (Lipinski definition) is 3. The highest BCUT2D eigenvalue weighted by molar-refractivity contribution is 5.25. The van der Waals surface area contributed by atoms with Crippen LogP contribution in [0.1, 0.15) is 25.3 Å². The van der Waals surface area contributed by atoms with E-state index in [1.165, 1.54) is 6.07 Å². The normalized spacial score (nSPS) is 22.9. The molecule has 1 aliphatic heterocycles. The van der Waals surface area contributed by atoms with E-state index in [1.54, 1.807) is 25.1 Å². The average molecular weight is 253 g/mol. The fourth-order valence-electron chi connectivity index (χ4n) is 2.29. The van der Waals surface area contributed by atoms with E-state index in [-0.39, 0.29) is 18.5 Å². The highest BCUT2D eigenvalue weighted by Crippen LogP contribution is 2.23. The molecule has 1 heterocycles. The summed E-state index contributed by atoms with van der Waals surface area (Å²) in [5.41, 5.74) is -0.275. The minimum atomic E-state index is -0.767. The first-order chi connectivity index (χ1) is 8.65. The number of ether oxygens (including phenoxy) is 1. The van der Waals surface area contributed by atoms with Crippen molar-refractivity contribution in [2.45, 2.75) is 31.4 Å². The van der Waals surface area contributed by atoms with Gasteiger partial charge in [-0.2, -0.15) is 0 Å². The summed E-state index contributed by atoms with van der Waals surface area (Å²) in [4.78, 5) is 0. The summed E-state index contributed by atoms with van der Waals surface area (Å²) in [7, 11) is 0. The van der Waals surface area contributed by atoms with Gasteiger partial charge in [0.15, 0.2) is 0 Å². The number of nitrogens with one attached hydrogen (secondary N) is 1. The minimum Gasteiger partial charge on any atom is -0.394 e. The van der Waals surface area contributed by atoms with Gasteiger partial charge in [-0.25, -0.2) is 4.39 Å². The van der Waals surface area contributed by atoms with Crippen LogP contribution in [-0.2, 0) is 10.3 Å². The lowest BCUT2D eigenvalue weighted by atomic mass is 9.92. The minimum absolute atomic E-state index is 0.152. The second-order valence-electron chi connectivity index (χ2n) is 4.99. The SMILES string of the molecule is CC(CO)(NCC1CCCO1)c1ccccc1F. The molecule has 0 radical (unpaired) electrons. The molecule has 2 atom stereocenters. The van der Waals surface area contributed by atoms with Gasteiger partial charge in [0, 0.05) is 18.7 Å². The molecule has 100 valence electrons. The molecular weight excluding hydrogens is 233 g/mol. The molecule has 18 heavy (non-hydrogen) atoms. The van der Waals surface area contributed by atoms with Crippen LogP contribution < -0.4 is 5.32 Å². The molecule has 0 spiro atoms. The van der Waals surface area contributed by atoms with Gasteiger partial charge in [0.05, 0.1) is 18.2 Å². The third kappa shape index (κ3) is 2.88. The van der Waals surface area contributed by atoms with Gasteiger partial charge in [-0.05, 0) is 25.8 Å². The Balaban J connectivity index is 2.07. The zero-order chi connectivity index (χ0) is 13.0. The third-order valence-corrected chi connectivity index (χ3v) is 3.53. The molecule has 4 heteroatoms. The number of benzene rings is 1. The number of halogens is 1. The van der Waals surface area contributed by atoms with E-state index in [2.05, 4.69) is 5.32 Å². The molecule has 3 nitrogen and oxygen atoms in total. The van der Waals surface area contributed by atoms with Crippen LogP contribution in [0, 0.1) is 5.82 Å². The van der Waals surface area contributed by atoms with Gasteiger partial charge < -0.3 is 15.2 Å². The van der Waals surface area contributed by atoms with Crippen molar-refractivity contribution in [1.82, 2.24) is 5.32 Å². The molecule has 1 saturated heterocycles. The largest absolute Gasteiger partial charge is 0.394 e. The lowest BCUT2D eigenvalue weighted by Gasteiger charge is -2.31. The van der Waals surface area contributed by atoms with Gasteiger partial charge in [-0.3, -0.25) is 0 Å². The summed E-state index contributed by atoms with van der Waals surface area (Å²) < 4.78 is 19.3. The fourth-order valence-corrected chi connectivity index (χ4v) is 2.29. The third-order valence-electron chi connectivity index (χ3n) is 3.53. The molecule has 2 rings (SSSR count). The standard InChI is InChI=1S/C14H20FNO2/c1-14(10-17,12-6-2-3-7-13(12)15)16-9-11-5-4-8-18-11/h2-3,6-7,11,16-17H,4-5,8-10H2,1H3. The smallest absolute Gasteiger partial charge is 0.128 e. The maximum Gasteiger partial charge on any atom is 0.128 e. The van der Waals surface area contributed by atoms with Crippen molar-refractivity contribution in [2.75, 3.05) is 19.8 Å². The summed E-state index contributed by atoms with van der Waals surface area (Å²) in [5.74, 6) is -0.297. The first kappa shape index (κ1) is 13.5. The maximum absolute atomic E-state index is 13.8. The second kappa shape index (κ2) is 5.78. The van der Waals surface area contributed by atoms with Crippen LogP contribution in [0.2, 0.25) is 0 Å². The molecular formula is C14H20FNO2. The summed E-state index contributed by atoms with van der Waals surface area (Å²) in [6, 6.07) is 6.54. The maximum atomic E-state index is 13.8. The summed E-state index contributed by atoms with van der Waals surface area (Å²) in [6.07, 6.45) is 2.26. The van der Waals surface area contributed by atoms with Gasteiger partial charge in [0.1, 0.15) is 5.82 Å². The van der Waals surface area contributed by atoms with Crippen LogP contribution in [0.15, 0.2) is 24.3 Å². The van der Waals surface area contributed by atoms with Crippen molar-refractivity contribution < 1.29 is 14.2 Å². The van der Waals surface area contributed by atoms with Crippen molar-refractivity contribution in [2.24, 2.45) is 0 Å². The topological polar surface area (TPSA) is 41.5 Å². The Labute approximate surface area is 107 Å². The van der Waals surface area contributed by atoms with Gasteiger partial charge in [-0.1, -0.05) is 18.2 Å². The Morgan fingerprint density at radius 2 is 2.28 bits per heavy atom. The predicted octanol–water partition coefficient (Wildman–Crippen LogP) is 1.80. The van der Waals surface area contributed by atoms with Crippen molar-refractivity contribution in [3.8, 4) is 0 Å². The van der Waals surface area contributed by atoms with Crippen LogP contribution in [0.4, 0.5) is 4.39 Å². The van der Waals surface area contributed by atoms with E-state index in [0.717, 1.165) is 19.4 Å². The number of aliphatic hydroxyl groups excluding tert-OH is 1. The first-order valence-corrected chi connectivity index (χ1v) is 6.38. The van der Waals surface area contributed by atoms with E-state index in [1.807, 2.05) is 0 Å². The lowest BCUT2D eigenvalue weighted by Crippen LogP contribution is -2.46. The monoisotopic (exact) mass is 253 g/mol. The molecule has 0 aromatic heterocycles. The molecule has 0 saturated carbocycles. The highest BCUT2D eigenvalue weighted by Gasteiger charge is 2.29. The van der Waals surface area contributed by atoms with E-state index in [4.69, 9.17) is 4.74 Å². The number of aliphatic hydroxyl groups is 1. The van der Waals surface area contributed by atoms with Crippen molar-refractivity contribution in [3.63, 3.8) is 0 Å². The van der Waals surface area contributed by atoms with Crippen LogP contribution in [-0.4, -0.2) is 31.0 Å². The quantitative estimate of drug-likeness (QED) is 0.841. The second-order valence-corrected chi connectivity index (χ2v) is 4.99. The number of rotatable bonds is 5. The molecule has 1 aliphatic rings. The van der Waals surface area contributed by atoms with Crippen molar-refractivity contribution in [1.29, 1.82) is 0 Å². The Kier molecular flexibility index (Phi) is 4.32. The number of hydrogen-bond donors (Lipinski definition) is 2. The predicted molar refractivity (Wildman–Crippen MR) is 67.8 cm³/mol. The highest BCUT2D eigenvalue weighted by atomic mass is 19.1. The summed E-state index contributed by atoms with van der Waals surface area (Å²) in [5, 5.41) is 12.8. The van der Waals surface area contributed by atoms with Crippen LogP contribution in [0.3, 0.4) is 0 Å². The van der Waals surface area contributed by atoms with Crippen molar-refractivity contribution >= 4 is 0 Å². The molecule has 0 aliphatic carbocycles. The molecule has 2 N–H and O–H groups in total. The lowest BCUT2D eigenvalue weighted by molar-refractivity contribution is 0.0902. The fraction of sp³-hybridized carbons (Fsp3) is 0.571. The molecule has 1 aromatic rings. The Bertz CT molecular complexity index is 393. The zero-order valence-corrected chi connectivity index (χ0v) is 10.7. The average Bonchev–Trinajstić information content (AvgIpc) is 2.90. The zero-order valence-electron chi connectivity index (χ0n) is 10.7. The Morgan fingerprint density at radius 3 is 2.89 bits per heavy atom. The van der Waals surface area contributed by atoms with Gasteiger partial charge in [-0.15, -0.1) is 0 Å². The van der Waals surface area contributed by atoms with Crippen molar-refractivity contribution in [3.05, 3.63) is 35.6 Å². The van der Waals surface area contributed by atoms with Crippen LogP contribution in [0.5, 0.6) is 0 Å².